The van der Waals surface area contributed by atoms with E-state index >= 15 is 0 Å². The molecule has 3 N–H and O–H groups in total. The van der Waals surface area contributed by atoms with E-state index in [2.05, 4.69) is 5.09 Å². The minimum absolute atomic E-state index is 0.112. The summed E-state index contributed by atoms with van der Waals surface area (Å²) in [5, 5.41) is 2.90. The quantitative estimate of drug-likeness (QED) is 0.824. The van der Waals surface area contributed by atoms with Gasteiger partial charge in [-0.2, -0.15) is 0 Å². The Bertz CT molecular complexity index is 436. The average molecular weight is 270 g/mol. The molecule has 0 amide bonds. The Labute approximate surface area is 107 Å². The van der Waals surface area contributed by atoms with Gasteiger partial charge in [0.05, 0.1) is 18.8 Å². The fourth-order valence-corrected chi connectivity index (χ4v) is 3.45. The predicted octanol–water partition coefficient (Wildman–Crippen LogP) is 2.21. The number of hydrogen-bond acceptors (Lipinski definition) is 4. The van der Waals surface area contributed by atoms with Crippen molar-refractivity contribution >= 4 is 7.75 Å². The van der Waals surface area contributed by atoms with Gasteiger partial charge in [-0.15, -0.1) is 0 Å². The van der Waals surface area contributed by atoms with E-state index in [4.69, 9.17) is 14.8 Å². The molecule has 1 atom stereocenters. The molecular weight excluding hydrogens is 251 g/mol. The van der Waals surface area contributed by atoms with Crippen molar-refractivity contribution in [3.05, 3.63) is 35.9 Å². The van der Waals surface area contributed by atoms with E-state index in [9.17, 15) is 4.57 Å². The first-order valence-corrected chi connectivity index (χ1v) is 7.45. The standard InChI is InChI=1S/C12H19N2O3P/c1-10(11-6-4-3-5-7-11)14-18(15)16-8-12(2,13)9-17-18/h3-7,10H,8-9,13H2,1-2H3,(H,14,15)/t10-,12?,18?/m1/s1. The van der Waals surface area contributed by atoms with Gasteiger partial charge in [-0.05, 0) is 19.4 Å². The molecule has 1 fully saturated rings. The first kappa shape index (κ1) is 13.7. The third-order valence-electron chi connectivity index (χ3n) is 2.78. The summed E-state index contributed by atoms with van der Waals surface area (Å²) in [6.07, 6.45) is 0. The summed E-state index contributed by atoms with van der Waals surface area (Å²) in [5.74, 6) is 0. The molecule has 1 aliphatic heterocycles. The number of nitrogens with two attached hydrogens (primary N) is 1. The van der Waals surface area contributed by atoms with Gasteiger partial charge in [0.15, 0.2) is 0 Å². The minimum atomic E-state index is -3.24. The van der Waals surface area contributed by atoms with Crippen LogP contribution in [0.1, 0.15) is 25.5 Å². The molecule has 0 saturated carbocycles. The van der Waals surface area contributed by atoms with Gasteiger partial charge in [-0.1, -0.05) is 30.3 Å². The SMILES string of the molecule is C[C@@H](NP1(=O)OCC(C)(N)CO1)c1ccccc1. The van der Waals surface area contributed by atoms with E-state index in [1.54, 1.807) is 6.92 Å². The lowest BCUT2D eigenvalue weighted by Gasteiger charge is -2.34. The molecule has 0 unspecified atom stereocenters. The predicted molar refractivity (Wildman–Crippen MR) is 70.1 cm³/mol. The van der Waals surface area contributed by atoms with Crippen molar-refractivity contribution in [3.63, 3.8) is 0 Å². The van der Waals surface area contributed by atoms with Crippen molar-refractivity contribution in [2.45, 2.75) is 25.4 Å². The molecule has 1 aromatic carbocycles. The van der Waals surface area contributed by atoms with Crippen LogP contribution in [0.5, 0.6) is 0 Å². The zero-order valence-corrected chi connectivity index (χ0v) is 11.5. The van der Waals surface area contributed by atoms with E-state index in [-0.39, 0.29) is 19.3 Å². The molecule has 0 aromatic heterocycles. The maximum Gasteiger partial charge on any atom is 0.406 e. The Morgan fingerprint density at radius 1 is 1.33 bits per heavy atom. The van der Waals surface area contributed by atoms with E-state index in [0.717, 1.165) is 5.56 Å². The lowest BCUT2D eigenvalue weighted by Crippen LogP contribution is -2.49. The number of rotatable bonds is 3. The topological polar surface area (TPSA) is 73.6 Å². The maximum absolute atomic E-state index is 12.3. The Hall–Kier alpha value is -0.710. The third kappa shape index (κ3) is 3.40. The Morgan fingerprint density at radius 2 is 1.89 bits per heavy atom. The highest BCUT2D eigenvalue weighted by Gasteiger charge is 2.38. The first-order valence-electron chi connectivity index (χ1n) is 5.91. The fourth-order valence-electron chi connectivity index (χ4n) is 1.67. The third-order valence-corrected chi connectivity index (χ3v) is 4.42. The van der Waals surface area contributed by atoms with Gasteiger partial charge in [0.1, 0.15) is 0 Å². The molecule has 1 aromatic rings. The van der Waals surface area contributed by atoms with Gasteiger partial charge in [0, 0.05) is 6.04 Å². The van der Waals surface area contributed by atoms with Crippen molar-refractivity contribution in [2.75, 3.05) is 13.2 Å². The highest BCUT2D eigenvalue weighted by molar-refractivity contribution is 7.51. The summed E-state index contributed by atoms with van der Waals surface area (Å²) in [7, 11) is -3.24. The molecule has 0 radical (unpaired) electrons. The molecule has 18 heavy (non-hydrogen) atoms. The van der Waals surface area contributed by atoms with Crippen LogP contribution in [-0.4, -0.2) is 18.8 Å². The minimum Gasteiger partial charge on any atom is -0.321 e. The number of hydrogen-bond donors (Lipinski definition) is 2. The zero-order valence-electron chi connectivity index (χ0n) is 10.6. The fraction of sp³-hybridized carbons (Fsp3) is 0.500. The summed E-state index contributed by atoms with van der Waals surface area (Å²) in [4.78, 5) is 0. The van der Waals surface area contributed by atoms with E-state index in [1.807, 2.05) is 37.3 Å². The van der Waals surface area contributed by atoms with Crippen molar-refractivity contribution in [2.24, 2.45) is 5.73 Å². The van der Waals surface area contributed by atoms with Crippen LogP contribution in [0.25, 0.3) is 0 Å². The second kappa shape index (κ2) is 5.11. The van der Waals surface area contributed by atoms with Gasteiger partial charge in [0.25, 0.3) is 0 Å². The van der Waals surface area contributed by atoms with Crippen LogP contribution in [-0.2, 0) is 13.6 Å². The second-order valence-corrected chi connectivity index (χ2v) is 6.73. The van der Waals surface area contributed by atoms with Crippen LogP contribution in [0.15, 0.2) is 30.3 Å². The molecule has 100 valence electrons. The van der Waals surface area contributed by atoms with E-state index < -0.39 is 13.3 Å². The number of benzene rings is 1. The van der Waals surface area contributed by atoms with Crippen LogP contribution >= 0.6 is 7.75 Å². The second-order valence-electron chi connectivity index (χ2n) is 4.96. The van der Waals surface area contributed by atoms with Gasteiger partial charge in [0.2, 0.25) is 0 Å². The molecule has 1 aliphatic rings. The largest absolute Gasteiger partial charge is 0.406 e. The summed E-state index contributed by atoms with van der Waals surface area (Å²) < 4.78 is 22.8. The van der Waals surface area contributed by atoms with Gasteiger partial charge in [-0.25, -0.2) is 9.65 Å². The average Bonchev–Trinajstić information content (AvgIpc) is 2.35. The van der Waals surface area contributed by atoms with Crippen molar-refractivity contribution in [1.82, 2.24) is 5.09 Å². The molecular formula is C12H19N2O3P. The van der Waals surface area contributed by atoms with Crippen molar-refractivity contribution in [3.8, 4) is 0 Å². The van der Waals surface area contributed by atoms with E-state index in [1.165, 1.54) is 0 Å². The first-order chi connectivity index (χ1) is 8.40. The molecule has 0 spiro atoms. The van der Waals surface area contributed by atoms with Gasteiger partial charge >= 0.3 is 7.75 Å². The van der Waals surface area contributed by atoms with E-state index in [0.29, 0.717) is 0 Å². The summed E-state index contributed by atoms with van der Waals surface area (Å²) in [6, 6.07) is 9.61. The normalized spacial score (nSPS) is 34.2. The summed E-state index contributed by atoms with van der Waals surface area (Å²) in [5.41, 5.74) is 6.29. The Morgan fingerprint density at radius 3 is 2.44 bits per heavy atom. The molecule has 5 nitrogen and oxygen atoms in total. The summed E-state index contributed by atoms with van der Waals surface area (Å²) in [6.45, 7) is 4.16. The van der Waals surface area contributed by atoms with Crippen LogP contribution in [0.2, 0.25) is 0 Å². The van der Waals surface area contributed by atoms with Crippen LogP contribution < -0.4 is 10.8 Å². The summed E-state index contributed by atoms with van der Waals surface area (Å²) >= 11 is 0. The Balaban J connectivity index is 2.00. The van der Waals surface area contributed by atoms with Crippen LogP contribution in [0, 0.1) is 0 Å². The smallest absolute Gasteiger partial charge is 0.321 e. The van der Waals surface area contributed by atoms with Crippen LogP contribution in [0.4, 0.5) is 0 Å². The monoisotopic (exact) mass is 270 g/mol. The molecule has 2 rings (SSSR count). The molecule has 1 heterocycles. The highest BCUT2D eigenvalue weighted by atomic mass is 31.2. The van der Waals surface area contributed by atoms with Crippen LogP contribution in [0.3, 0.4) is 0 Å². The molecule has 6 heteroatoms. The van der Waals surface area contributed by atoms with Crippen molar-refractivity contribution in [1.29, 1.82) is 0 Å². The Kier molecular flexibility index (Phi) is 3.90. The van der Waals surface area contributed by atoms with Gasteiger partial charge in [-0.3, -0.25) is 9.05 Å². The molecule has 1 saturated heterocycles. The lowest BCUT2D eigenvalue weighted by molar-refractivity contribution is 0.0743. The van der Waals surface area contributed by atoms with Crippen molar-refractivity contribution < 1.29 is 13.6 Å². The zero-order chi connectivity index (χ0) is 13.2. The maximum atomic E-state index is 12.3. The highest BCUT2D eigenvalue weighted by Crippen LogP contribution is 2.49. The molecule has 0 aliphatic carbocycles. The van der Waals surface area contributed by atoms with Gasteiger partial charge < -0.3 is 5.73 Å². The molecule has 0 bridgehead atoms. The lowest BCUT2D eigenvalue weighted by atomic mass is 10.1. The number of nitrogens with one attached hydrogen (secondary N) is 1.